The molecule has 0 spiro atoms. The molecule has 0 heterocycles. The molecule has 4 unspecified atom stereocenters. The topological polar surface area (TPSA) is 0 Å². The zero-order chi connectivity index (χ0) is 10.8. The third-order valence-electron chi connectivity index (χ3n) is 4.68. The van der Waals surface area contributed by atoms with E-state index in [2.05, 4.69) is 26.8 Å². The Hall–Kier alpha value is -0.260. The fraction of sp³-hybridized carbons (Fsp3) is 0.867. The molecule has 0 bridgehead atoms. The highest BCUT2D eigenvalue weighted by Gasteiger charge is 2.30. The van der Waals surface area contributed by atoms with E-state index >= 15 is 0 Å². The van der Waals surface area contributed by atoms with E-state index in [0.29, 0.717) is 0 Å². The molecular formula is C15H26. The Bertz CT molecular complexity index is 238. The van der Waals surface area contributed by atoms with Crippen molar-refractivity contribution in [2.75, 3.05) is 0 Å². The Labute approximate surface area is 95.1 Å². The Morgan fingerprint density at radius 2 is 1.93 bits per heavy atom. The molecule has 4 atom stereocenters. The van der Waals surface area contributed by atoms with Crippen LogP contribution in [0.15, 0.2) is 11.6 Å². The lowest BCUT2D eigenvalue weighted by atomic mass is 9.68. The van der Waals surface area contributed by atoms with E-state index in [1.165, 1.54) is 38.5 Å². The first-order valence-corrected chi connectivity index (χ1v) is 6.84. The van der Waals surface area contributed by atoms with E-state index in [4.69, 9.17) is 0 Å². The van der Waals surface area contributed by atoms with Crippen LogP contribution in [0.2, 0.25) is 0 Å². The van der Waals surface area contributed by atoms with Crippen molar-refractivity contribution in [2.45, 2.75) is 59.3 Å². The van der Waals surface area contributed by atoms with Gasteiger partial charge in [0.1, 0.15) is 0 Å². The summed E-state index contributed by atoms with van der Waals surface area (Å²) in [5, 5.41) is 0. The summed E-state index contributed by atoms with van der Waals surface area (Å²) in [6.07, 6.45) is 11.3. The van der Waals surface area contributed by atoms with Gasteiger partial charge in [-0.1, -0.05) is 44.8 Å². The molecule has 1 saturated carbocycles. The van der Waals surface area contributed by atoms with E-state index < -0.39 is 0 Å². The highest BCUT2D eigenvalue weighted by atomic mass is 14.4. The monoisotopic (exact) mass is 206 g/mol. The summed E-state index contributed by atoms with van der Waals surface area (Å²) in [5.41, 5.74) is 1.63. The van der Waals surface area contributed by atoms with Gasteiger partial charge in [-0.25, -0.2) is 0 Å². The lowest BCUT2D eigenvalue weighted by Gasteiger charge is -2.38. The third-order valence-corrected chi connectivity index (χ3v) is 4.68. The number of hydrogen-bond donors (Lipinski definition) is 0. The molecule has 0 saturated heterocycles. The van der Waals surface area contributed by atoms with E-state index in [0.717, 1.165) is 23.7 Å². The molecule has 0 aromatic rings. The Balaban J connectivity index is 1.98. The second-order valence-electron chi connectivity index (χ2n) is 6.11. The first kappa shape index (κ1) is 11.2. The molecule has 0 aromatic carbocycles. The van der Waals surface area contributed by atoms with Crippen molar-refractivity contribution in [3.05, 3.63) is 11.6 Å². The van der Waals surface area contributed by atoms with Crippen molar-refractivity contribution >= 4 is 0 Å². The zero-order valence-corrected chi connectivity index (χ0v) is 10.6. The Morgan fingerprint density at radius 3 is 2.60 bits per heavy atom. The van der Waals surface area contributed by atoms with Crippen LogP contribution in [0, 0.1) is 23.7 Å². The zero-order valence-electron chi connectivity index (χ0n) is 10.6. The summed E-state index contributed by atoms with van der Waals surface area (Å²) in [5.74, 6) is 3.86. The minimum atomic E-state index is 0.842. The smallest absolute Gasteiger partial charge is 0.0228 e. The van der Waals surface area contributed by atoms with Crippen LogP contribution in [-0.4, -0.2) is 0 Å². The summed E-state index contributed by atoms with van der Waals surface area (Å²) in [6.45, 7) is 7.18. The highest BCUT2D eigenvalue weighted by Crippen LogP contribution is 2.41. The largest absolute Gasteiger partial charge is 0.0825 e. The highest BCUT2D eigenvalue weighted by molar-refractivity contribution is 5.07. The Morgan fingerprint density at radius 1 is 1.13 bits per heavy atom. The van der Waals surface area contributed by atoms with Crippen LogP contribution in [0.1, 0.15) is 59.3 Å². The normalized spacial score (nSPS) is 42.5. The summed E-state index contributed by atoms with van der Waals surface area (Å²) >= 11 is 0. The molecule has 0 aromatic heterocycles. The maximum Gasteiger partial charge on any atom is -0.0228 e. The molecule has 2 aliphatic rings. The molecule has 1 fully saturated rings. The maximum atomic E-state index is 2.54. The maximum absolute atomic E-state index is 2.54. The van der Waals surface area contributed by atoms with Gasteiger partial charge in [0, 0.05) is 0 Å². The van der Waals surface area contributed by atoms with Crippen molar-refractivity contribution in [3.8, 4) is 0 Å². The molecule has 86 valence electrons. The third kappa shape index (κ3) is 2.65. The van der Waals surface area contributed by atoms with Gasteiger partial charge in [0.15, 0.2) is 0 Å². The van der Waals surface area contributed by atoms with Crippen molar-refractivity contribution in [3.63, 3.8) is 0 Å². The van der Waals surface area contributed by atoms with E-state index in [-0.39, 0.29) is 0 Å². The van der Waals surface area contributed by atoms with Gasteiger partial charge in [-0.15, -0.1) is 0 Å². The number of hydrogen-bond acceptors (Lipinski definition) is 0. The van der Waals surface area contributed by atoms with E-state index in [1.54, 1.807) is 5.57 Å². The van der Waals surface area contributed by atoms with E-state index in [1.807, 2.05) is 0 Å². The average Bonchev–Trinajstić information content (AvgIpc) is 2.17. The van der Waals surface area contributed by atoms with Crippen molar-refractivity contribution in [1.29, 1.82) is 0 Å². The van der Waals surface area contributed by atoms with Gasteiger partial charge in [-0.3, -0.25) is 0 Å². The minimum Gasteiger partial charge on any atom is -0.0825 e. The van der Waals surface area contributed by atoms with Crippen LogP contribution >= 0.6 is 0 Å². The minimum absolute atomic E-state index is 0.842. The van der Waals surface area contributed by atoms with Gasteiger partial charge in [0.05, 0.1) is 0 Å². The Kier molecular flexibility index (Phi) is 3.53. The molecular weight excluding hydrogens is 180 g/mol. The molecule has 0 radical (unpaired) electrons. The predicted molar refractivity (Wildman–Crippen MR) is 66.8 cm³/mol. The van der Waals surface area contributed by atoms with Gasteiger partial charge >= 0.3 is 0 Å². The lowest BCUT2D eigenvalue weighted by molar-refractivity contribution is 0.160. The second kappa shape index (κ2) is 4.72. The van der Waals surface area contributed by atoms with Gasteiger partial charge in [0.25, 0.3) is 0 Å². The molecule has 0 heteroatoms. The number of allylic oxidation sites excluding steroid dienone is 2. The van der Waals surface area contributed by atoms with Crippen LogP contribution in [0.25, 0.3) is 0 Å². The van der Waals surface area contributed by atoms with Crippen molar-refractivity contribution in [1.82, 2.24) is 0 Å². The SMILES string of the molecule is CC1=CC(C)C(C2CCCC(C)C2)CC1. The molecule has 2 aliphatic carbocycles. The van der Waals surface area contributed by atoms with Crippen LogP contribution in [-0.2, 0) is 0 Å². The summed E-state index contributed by atoms with van der Waals surface area (Å²) in [6, 6.07) is 0. The second-order valence-corrected chi connectivity index (χ2v) is 6.11. The molecule has 15 heavy (non-hydrogen) atoms. The van der Waals surface area contributed by atoms with Crippen LogP contribution in [0.5, 0.6) is 0 Å². The van der Waals surface area contributed by atoms with Crippen LogP contribution in [0.3, 0.4) is 0 Å². The van der Waals surface area contributed by atoms with Crippen LogP contribution in [0.4, 0.5) is 0 Å². The van der Waals surface area contributed by atoms with Crippen LogP contribution < -0.4 is 0 Å². The fourth-order valence-electron chi connectivity index (χ4n) is 3.85. The van der Waals surface area contributed by atoms with E-state index in [9.17, 15) is 0 Å². The van der Waals surface area contributed by atoms with Gasteiger partial charge in [-0.05, 0) is 49.9 Å². The standard InChI is InChI=1S/C15H26/c1-11-5-4-6-14(10-11)15-8-7-12(2)9-13(15)3/h9,11,13-15H,4-8,10H2,1-3H3. The summed E-state index contributed by atoms with van der Waals surface area (Å²) < 4.78 is 0. The summed E-state index contributed by atoms with van der Waals surface area (Å²) in [7, 11) is 0. The van der Waals surface area contributed by atoms with Gasteiger partial charge in [-0.2, -0.15) is 0 Å². The number of rotatable bonds is 1. The van der Waals surface area contributed by atoms with Gasteiger partial charge < -0.3 is 0 Å². The quantitative estimate of drug-likeness (QED) is 0.540. The van der Waals surface area contributed by atoms with Crippen molar-refractivity contribution in [2.24, 2.45) is 23.7 Å². The fourth-order valence-corrected chi connectivity index (χ4v) is 3.85. The molecule has 0 N–H and O–H groups in total. The molecule has 0 aliphatic heterocycles. The molecule has 0 nitrogen and oxygen atoms in total. The summed E-state index contributed by atoms with van der Waals surface area (Å²) in [4.78, 5) is 0. The molecule has 2 rings (SSSR count). The predicted octanol–water partition coefficient (Wildman–Crippen LogP) is 4.81. The first-order valence-electron chi connectivity index (χ1n) is 6.84. The van der Waals surface area contributed by atoms with Gasteiger partial charge in [0.2, 0.25) is 0 Å². The average molecular weight is 206 g/mol. The molecule has 0 amide bonds. The first-order chi connectivity index (χ1) is 7.16. The van der Waals surface area contributed by atoms with Crippen molar-refractivity contribution < 1.29 is 0 Å². The lowest BCUT2D eigenvalue weighted by Crippen LogP contribution is -2.27.